The van der Waals surface area contributed by atoms with Crippen molar-refractivity contribution in [3.63, 3.8) is 0 Å². The maximum atomic E-state index is 12.1. The summed E-state index contributed by atoms with van der Waals surface area (Å²) in [6.45, 7) is 2.36. The topological polar surface area (TPSA) is 72.2 Å². The van der Waals surface area contributed by atoms with Gasteiger partial charge in [-0.05, 0) is 43.0 Å². The molecular formula is C17H22N2O2S. The average Bonchev–Trinajstić information content (AvgIpc) is 2.49. The molecule has 0 saturated carbocycles. The number of hydrogen-bond acceptors (Lipinski definition) is 3. The predicted molar refractivity (Wildman–Crippen MR) is 89.1 cm³/mol. The molecule has 4 nitrogen and oxygen atoms in total. The molecule has 0 aliphatic rings. The van der Waals surface area contributed by atoms with Crippen molar-refractivity contribution in [1.82, 2.24) is 4.72 Å². The van der Waals surface area contributed by atoms with E-state index in [4.69, 9.17) is 5.73 Å². The third-order valence-electron chi connectivity index (χ3n) is 3.34. The Labute approximate surface area is 132 Å². The Hall–Kier alpha value is -1.69. The van der Waals surface area contributed by atoms with Crippen LogP contribution in [0.1, 0.15) is 18.1 Å². The normalized spacial score (nSPS) is 13.0. The van der Waals surface area contributed by atoms with Crippen molar-refractivity contribution >= 4 is 10.0 Å². The highest BCUT2D eigenvalue weighted by Crippen LogP contribution is 2.09. The van der Waals surface area contributed by atoms with Gasteiger partial charge in [-0.1, -0.05) is 42.5 Å². The molecular weight excluding hydrogens is 296 g/mol. The van der Waals surface area contributed by atoms with Gasteiger partial charge in [-0.2, -0.15) is 0 Å². The Morgan fingerprint density at radius 2 is 1.59 bits per heavy atom. The number of sulfonamides is 1. The molecule has 5 heteroatoms. The summed E-state index contributed by atoms with van der Waals surface area (Å²) >= 11 is 0. The minimum atomic E-state index is -3.42. The largest absolute Gasteiger partial charge is 0.328 e. The highest BCUT2D eigenvalue weighted by atomic mass is 32.2. The molecule has 0 aliphatic carbocycles. The molecule has 2 rings (SSSR count). The van der Waals surface area contributed by atoms with Crippen LogP contribution in [0.25, 0.3) is 0 Å². The van der Waals surface area contributed by atoms with Crippen molar-refractivity contribution in [1.29, 1.82) is 0 Å². The van der Waals surface area contributed by atoms with Gasteiger partial charge in [-0.15, -0.1) is 0 Å². The van der Waals surface area contributed by atoms with Gasteiger partial charge in [0.25, 0.3) is 0 Å². The van der Waals surface area contributed by atoms with E-state index >= 15 is 0 Å². The van der Waals surface area contributed by atoms with E-state index < -0.39 is 10.0 Å². The molecule has 1 unspecified atom stereocenters. The van der Waals surface area contributed by atoms with Gasteiger partial charge in [0.1, 0.15) is 0 Å². The van der Waals surface area contributed by atoms with E-state index in [0.29, 0.717) is 17.9 Å². The molecule has 1 atom stereocenters. The summed E-state index contributed by atoms with van der Waals surface area (Å²) in [5.41, 5.74) is 8.07. The molecule has 0 spiro atoms. The fraction of sp³-hybridized carbons (Fsp3) is 0.294. The molecule has 0 heterocycles. The first kappa shape index (κ1) is 16.7. The second-order valence-electron chi connectivity index (χ2n) is 5.46. The lowest BCUT2D eigenvalue weighted by molar-refractivity contribution is 0.581. The van der Waals surface area contributed by atoms with Crippen LogP contribution < -0.4 is 10.5 Å². The van der Waals surface area contributed by atoms with E-state index in [1.807, 2.05) is 31.2 Å². The van der Waals surface area contributed by atoms with Crippen LogP contribution in [-0.2, 0) is 22.9 Å². The lowest BCUT2D eigenvalue weighted by Gasteiger charge is -2.08. The molecule has 118 valence electrons. The maximum absolute atomic E-state index is 12.1. The van der Waals surface area contributed by atoms with Crippen LogP contribution in [0, 0.1) is 0 Å². The Bertz CT molecular complexity index is 680. The van der Waals surface area contributed by atoms with E-state index in [0.717, 1.165) is 12.0 Å². The Balaban J connectivity index is 1.88. The van der Waals surface area contributed by atoms with Crippen molar-refractivity contribution < 1.29 is 8.42 Å². The zero-order valence-electron chi connectivity index (χ0n) is 12.7. The number of rotatable bonds is 7. The molecule has 0 fully saturated rings. The van der Waals surface area contributed by atoms with Crippen molar-refractivity contribution in [3.8, 4) is 0 Å². The minimum absolute atomic E-state index is 0.142. The summed E-state index contributed by atoms with van der Waals surface area (Å²) in [5, 5.41) is 0. The molecule has 2 aromatic carbocycles. The van der Waals surface area contributed by atoms with Crippen LogP contribution >= 0.6 is 0 Å². The van der Waals surface area contributed by atoms with E-state index in [2.05, 4.69) is 4.72 Å². The number of hydrogen-bond donors (Lipinski definition) is 2. The molecule has 0 amide bonds. The monoisotopic (exact) mass is 318 g/mol. The SMILES string of the molecule is CC(N)Cc1ccc(CCNS(=O)(=O)c2ccccc2)cc1. The lowest BCUT2D eigenvalue weighted by Crippen LogP contribution is -2.25. The van der Waals surface area contributed by atoms with E-state index in [9.17, 15) is 8.42 Å². The summed E-state index contributed by atoms with van der Waals surface area (Å²) in [6, 6.07) is 16.7. The Kier molecular flexibility index (Phi) is 5.71. The average molecular weight is 318 g/mol. The highest BCUT2D eigenvalue weighted by molar-refractivity contribution is 7.89. The van der Waals surface area contributed by atoms with E-state index in [-0.39, 0.29) is 6.04 Å². The van der Waals surface area contributed by atoms with Gasteiger partial charge in [0, 0.05) is 12.6 Å². The summed E-state index contributed by atoms with van der Waals surface area (Å²) in [6.07, 6.45) is 1.51. The highest BCUT2D eigenvalue weighted by Gasteiger charge is 2.12. The van der Waals surface area contributed by atoms with Crippen LogP contribution in [0.5, 0.6) is 0 Å². The lowest BCUT2D eigenvalue weighted by atomic mass is 10.0. The number of benzene rings is 2. The minimum Gasteiger partial charge on any atom is -0.328 e. The van der Waals surface area contributed by atoms with Crippen molar-refractivity contribution in [2.24, 2.45) is 5.73 Å². The molecule has 0 radical (unpaired) electrons. The zero-order chi connectivity index (χ0) is 16.0. The fourth-order valence-electron chi connectivity index (χ4n) is 2.23. The van der Waals surface area contributed by atoms with Gasteiger partial charge in [0.05, 0.1) is 4.90 Å². The molecule has 0 bridgehead atoms. The molecule has 3 N–H and O–H groups in total. The van der Waals surface area contributed by atoms with Gasteiger partial charge in [0.2, 0.25) is 10.0 Å². The van der Waals surface area contributed by atoms with Crippen LogP contribution in [0.4, 0.5) is 0 Å². The quantitative estimate of drug-likeness (QED) is 0.821. The van der Waals surface area contributed by atoms with Crippen molar-refractivity contribution in [2.45, 2.75) is 30.7 Å². The number of nitrogens with two attached hydrogens (primary N) is 1. The van der Waals surface area contributed by atoms with Gasteiger partial charge in [0.15, 0.2) is 0 Å². The Morgan fingerprint density at radius 3 is 2.18 bits per heavy atom. The summed E-state index contributed by atoms with van der Waals surface area (Å²) in [5.74, 6) is 0. The van der Waals surface area contributed by atoms with Crippen molar-refractivity contribution in [3.05, 3.63) is 65.7 Å². The third kappa shape index (κ3) is 4.94. The predicted octanol–water partition coefficient (Wildman–Crippen LogP) is 2.10. The standard InChI is InChI=1S/C17H22N2O2S/c1-14(18)13-16-9-7-15(8-10-16)11-12-19-22(20,21)17-5-3-2-4-6-17/h2-10,14,19H,11-13,18H2,1H3. The molecule has 0 saturated heterocycles. The first-order valence-corrected chi connectivity index (χ1v) is 8.84. The fourth-order valence-corrected chi connectivity index (χ4v) is 3.28. The van der Waals surface area contributed by atoms with Gasteiger partial charge < -0.3 is 5.73 Å². The third-order valence-corrected chi connectivity index (χ3v) is 4.82. The van der Waals surface area contributed by atoms with Crippen LogP contribution in [0.3, 0.4) is 0 Å². The van der Waals surface area contributed by atoms with Gasteiger partial charge in [-0.3, -0.25) is 0 Å². The first-order valence-electron chi connectivity index (χ1n) is 7.35. The van der Waals surface area contributed by atoms with E-state index in [1.165, 1.54) is 5.56 Å². The smallest absolute Gasteiger partial charge is 0.240 e. The van der Waals surface area contributed by atoms with Crippen LogP contribution in [-0.4, -0.2) is 21.0 Å². The molecule has 2 aromatic rings. The van der Waals surface area contributed by atoms with E-state index in [1.54, 1.807) is 30.3 Å². The molecule has 0 aliphatic heterocycles. The molecule has 0 aromatic heterocycles. The van der Waals surface area contributed by atoms with Crippen molar-refractivity contribution in [2.75, 3.05) is 6.54 Å². The van der Waals surface area contributed by atoms with Crippen LogP contribution in [0.2, 0.25) is 0 Å². The van der Waals surface area contributed by atoms with Gasteiger partial charge >= 0.3 is 0 Å². The van der Waals surface area contributed by atoms with Gasteiger partial charge in [-0.25, -0.2) is 13.1 Å². The summed E-state index contributed by atoms with van der Waals surface area (Å²) in [4.78, 5) is 0.294. The molecule has 22 heavy (non-hydrogen) atoms. The zero-order valence-corrected chi connectivity index (χ0v) is 13.5. The van der Waals surface area contributed by atoms with Crippen LogP contribution in [0.15, 0.2) is 59.5 Å². The Morgan fingerprint density at radius 1 is 1.00 bits per heavy atom. The first-order chi connectivity index (χ1) is 10.5. The maximum Gasteiger partial charge on any atom is 0.240 e. The summed E-state index contributed by atoms with van der Waals surface area (Å²) < 4.78 is 26.8. The second-order valence-corrected chi connectivity index (χ2v) is 7.23. The second kappa shape index (κ2) is 7.54. The number of nitrogens with one attached hydrogen (secondary N) is 1. The summed E-state index contributed by atoms with van der Waals surface area (Å²) in [7, 11) is -3.42.